The Morgan fingerprint density at radius 2 is 2.24 bits per heavy atom. The third-order valence-electron chi connectivity index (χ3n) is 3.02. The van der Waals surface area contributed by atoms with Gasteiger partial charge in [-0.05, 0) is 31.0 Å². The van der Waals surface area contributed by atoms with Gasteiger partial charge in [-0.1, -0.05) is 23.3 Å². The molecule has 0 spiro atoms. The molecule has 0 aliphatic carbocycles. The van der Waals surface area contributed by atoms with Gasteiger partial charge in [-0.25, -0.2) is 4.39 Å². The van der Waals surface area contributed by atoms with Crippen molar-refractivity contribution in [3.05, 3.63) is 46.1 Å². The summed E-state index contributed by atoms with van der Waals surface area (Å²) >= 11 is 0. The first kappa shape index (κ1) is 16.9. The standard InChI is InChI=1S/C14H19FN4O2/c1-3-21-13(20)14(2,17-8-9-18-19-16)10-11-6-4-5-7-12(11)15/h4-7,17H,3,8-10H2,1-2H3. The van der Waals surface area contributed by atoms with Gasteiger partial charge in [0.05, 0.1) is 6.61 Å². The van der Waals surface area contributed by atoms with Crippen molar-refractivity contribution in [3.8, 4) is 0 Å². The average molecular weight is 294 g/mol. The fourth-order valence-electron chi connectivity index (χ4n) is 1.95. The van der Waals surface area contributed by atoms with Crippen molar-refractivity contribution >= 4 is 5.97 Å². The van der Waals surface area contributed by atoms with E-state index < -0.39 is 11.5 Å². The average Bonchev–Trinajstić information content (AvgIpc) is 2.46. The maximum atomic E-state index is 13.8. The molecule has 1 aromatic rings. The van der Waals surface area contributed by atoms with Gasteiger partial charge >= 0.3 is 5.97 Å². The third kappa shape index (κ3) is 5.06. The van der Waals surface area contributed by atoms with Crippen LogP contribution in [0.1, 0.15) is 19.4 Å². The summed E-state index contributed by atoms with van der Waals surface area (Å²) < 4.78 is 18.8. The summed E-state index contributed by atoms with van der Waals surface area (Å²) in [5.41, 5.74) is 7.59. The molecule has 0 saturated heterocycles. The number of carbonyl (C=O) groups is 1. The molecule has 21 heavy (non-hydrogen) atoms. The van der Waals surface area contributed by atoms with Crippen molar-refractivity contribution < 1.29 is 13.9 Å². The number of halogens is 1. The highest BCUT2D eigenvalue weighted by molar-refractivity contribution is 5.80. The van der Waals surface area contributed by atoms with Crippen molar-refractivity contribution in [2.45, 2.75) is 25.8 Å². The molecule has 0 saturated carbocycles. The van der Waals surface area contributed by atoms with Gasteiger partial charge in [-0.2, -0.15) is 0 Å². The summed E-state index contributed by atoms with van der Waals surface area (Å²) in [5.74, 6) is -0.834. The maximum Gasteiger partial charge on any atom is 0.326 e. The Kier molecular flexibility index (Phi) is 6.65. The van der Waals surface area contributed by atoms with Crippen LogP contribution >= 0.6 is 0 Å². The highest BCUT2D eigenvalue weighted by Gasteiger charge is 2.35. The van der Waals surface area contributed by atoms with Crippen molar-refractivity contribution in [2.24, 2.45) is 5.11 Å². The Morgan fingerprint density at radius 3 is 2.86 bits per heavy atom. The van der Waals surface area contributed by atoms with E-state index in [9.17, 15) is 9.18 Å². The van der Waals surface area contributed by atoms with Crippen LogP contribution in [-0.2, 0) is 16.0 Å². The van der Waals surface area contributed by atoms with Gasteiger partial charge in [0.15, 0.2) is 0 Å². The van der Waals surface area contributed by atoms with E-state index in [0.29, 0.717) is 12.1 Å². The zero-order valence-electron chi connectivity index (χ0n) is 12.2. The number of rotatable bonds is 8. The number of hydrogen-bond acceptors (Lipinski definition) is 4. The van der Waals surface area contributed by atoms with Crippen LogP contribution in [-0.4, -0.2) is 31.2 Å². The SMILES string of the molecule is CCOC(=O)C(C)(Cc1ccccc1F)NCCN=[N+]=[N-]. The largest absolute Gasteiger partial charge is 0.465 e. The van der Waals surface area contributed by atoms with Gasteiger partial charge in [0.2, 0.25) is 0 Å². The van der Waals surface area contributed by atoms with Crippen molar-refractivity contribution in [1.29, 1.82) is 0 Å². The number of nitrogens with one attached hydrogen (secondary N) is 1. The van der Waals surface area contributed by atoms with Crippen molar-refractivity contribution in [3.63, 3.8) is 0 Å². The van der Waals surface area contributed by atoms with Crippen LogP contribution in [0.25, 0.3) is 10.4 Å². The van der Waals surface area contributed by atoms with E-state index in [-0.39, 0.29) is 25.4 Å². The van der Waals surface area contributed by atoms with E-state index in [1.54, 1.807) is 32.0 Å². The smallest absolute Gasteiger partial charge is 0.326 e. The first-order chi connectivity index (χ1) is 10.0. The molecule has 1 atom stereocenters. The maximum absolute atomic E-state index is 13.8. The Labute approximate surface area is 122 Å². The second-order valence-electron chi connectivity index (χ2n) is 4.70. The van der Waals surface area contributed by atoms with Gasteiger partial charge in [0.1, 0.15) is 11.4 Å². The number of benzene rings is 1. The van der Waals surface area contributed by atoms with Gasteiger partial charge in [0, 0.05) is 24.4 Å². The molecule has 1 unspecified atom stereocenters. The molecule has 0 radical (unpaired) electrons. The fourth-order valence-corrected chi connectivity index (χ4v) is 1.95. The van der Waals surface area contributed by atoms with Crippen LogP contribution in [0.2, 0.25) is 0 Å². The molecule has 0 fully saturated rings. The summed E-state index contributed by atoms with van der Waals surface area (Å²) in [5, 5.41) is 6.38. The van der Waals surface area contributed by atoms with Crippen LogP contribution in [0.4, 0.5) is 4.39 Å². The summed E-state index contributed by atoms with van der Waals surface area (Å²) in [6, 6.07) is 6.28. The first-order valence-electron chi connectivity index (χ1n) is 6.70. The molecular weight excluding hydrogens is 275 g/mol. The summed E-state index contributed by atoms with van der Waals surface area (Å²) in [7, 11) is 0. The molecule has 0 aliphatic rings. The molecule has 6 nitrogen and oxygen atoms in total. The van der Waals surface area contributed by atoms with Gasteiger partial charge in [0.25, 0.3) is 0 Å². The fraction of sp³-hybridized carbons (Fsp3) is 0.500. The van der Waals surface area contributed by atoms with E-state index in [1.165, 1.54) is 6.07 Å². The van der Waals surface area contributed by atoms with Crippen LogP contribution in [0.5, 0.6) is 0 Å². The predicted octanol–water partition coefficient (Wildman–Crippen LogP) is 2.59. The monoisotopic (exact) mass is 294 g/mol. The number of carbonyl (C=O) groups excluding carboxylic acids is 1. The summed E-state index contributed by atoms with van der Waals surface area (Å²) in [4.78, 5) is 14.8. The number of azide groups is 1. The highest BCUT2D eigenvalue weighted by atomic mass is 19.1. The van der Waals surface area contributed by atoms with E-state index in [0.717, 1.165) is 0 Å². The van der Waals surface area contributed by atoms with Crippen LogP contribution in [0.15, 0.2) is 29.4 Å². The van der Waals surface area contributed by atoms with Gasteiger partial charge in [-0.15, -0.1) is 0 Å². The normalized spacial score (nSPS) is 13.1. The molecule has 7 heteroatoms. The first-order valence-corrected chi connectivity index (χ1v) is 6.70. The van der Waals surface area contributed by atoms with Gasteiger partial charge < -0.3 is 10.1 Å². The lowest BCUT2D eigenvalue weighted by Gasteiger charge is -2.28. The van der Waals surface area contributed by atoms with Crippen LogP contribution in [0, 0.1) is 5.82 Å². The van der Waals surface area contributed by atoms with E-state index >= 15 is 0 Å². The van der Waals surface area contributed by atoms with Crippen molar-refractivity contribution in [2.75, 3.05) is 19.7 Å². The Bertz CT molecular complexity index is 531. The number of esters is 1. The second-order valence-corrected chi connectivity index (χ2v) is 4.70. The molecule has 0 amide bonds. The topological polar surface area (TPSA) is 87.1 Å². The quantitative estimate of drug-likeness (QED) is 0.263. The molecule has 1 N–H and O–H groups in total. The van der Waals surface area contributed by atoms with E-state index in [1.807, 2.05) is 0 Å². The second kappa shape index (κ2) is 8.24. The predicted molar refractivity (Wildman–Crippen MR) is 77.2 cm³/mol. The molecule has 0 aromatic heterocycles. The Hall–Kier alpha value is -2.11. The van der Waals surface area contributed by atoms with Crippen LogP contribution < -0.4 is 5.32 Å². The molecule has 1 aromatic carbocycles. The minimum Gasteiger partial charge on any atom is -0.465 e. The summed E-state index contributed by atoms with van der Waals surface area (Å²) in [6.45, 7) is 4.09. The molecular formula is C14H19FN4O2. The number of nitrogens with zero attached hydrogens (tertiary/aromatic N) is 3. The van der Waals surface area contributed by atoms with Crippen molar-refractivity contribution in [1.82, 2.24) is 5.32 Å². The molecule has 0 aliphatic heterocycles. The Morgan fingerprint density at radius 1 is 1.52 bits per heavy atom. The van der Waals surface area contributed by atoms with Gasteiger partial charge in [-0.3, -0.25) is 4.79 Å². The number of hydrogen-bond donors (Lipinski definition) is 1. The zero-order chi connectivity index (χ0) is 15.7. The molecule has 0 bridgehead atoms. The molecule has 0 heterocycles. The Balaban J connectivity index is 2.87. The lowest BCUT2D eigenvalue weighted by molar-refractivity contribution is -0.150. The highest BCUT2D eigenvalue weighted by Crippen LogP contribution is 2.18. The molecule has 1 rings (SSSR count). The zero-order valence-corrected chi connectivity index (χ0v) is 12.2. The lowest BCUT2D eigenvalue weighted by Crippen LogP contribution is -2.53. The molecule has 114 valence electrons. The number of ether oxygens (including phenoxy) is 1. The summed E-state index contributed by atoms with van der Waals surface area (Å²) in [6.07, 6.45) is 0.148. The minimum atomic E-state index is -1.08. The van der Waals surface area contributed by atoms with Crippen LogP contribution in [0.3, 0.4) is 0 Å². The lowest BCUT2D eigenvalue weighted by atomic mass is 9.92. The minimum absolute atomic E-state index is 0.148. The van der Waals surface area contributed by atoms with E-state index in [2.05, 4.69) is 15.3 Å². The third-order valence-corrected chi connectivity index (χ3v) is 3.02. The van der Waals surface area contributed by atoms with E-state index in [4.69, 9.17) is 10.3 Å².